The Morgan fingerprint density at radius 3 is 2.33 bits per heavy atom. The Morgan fingerprint density at radius 2 is 1.76 bits per heavy atom. The monoisotopic (exact) mass is 469 g/mol. The van der Waals surface area contributed by atoms with Crippen molar-refractivity contribution in [3.63, 3.8) is 0 Å². The second-order valence-electron chi connectivity index (χ2n) is 10.0. The lowest BCUT2D eigenvalue weighted by atomic mass is 9.99. The van der Waals surface area contributed by atoms with Crippen LogP contribution in [-0.4, -0.2) is 36.7 Å². The highest BCUT2D eigenvalue weighted by molar-refractivity contribution is 7.89. The molecule has 7 nitrogen and oxygen atoms in total. The number of aryl methyl sites for hydroxylation is 2. The van der Waals surface area contributed by atoms with Gasteiger partial charge in [0.05, 0.1) is 11.7 Å². The van der Waals surface area contributed by atoms with Crippen LogP contribution < -0.4 is 10.0 Å². The van der Waals surface area contributed by atoms with Gasteiger partial charge < -0.3 is 5.32 Å². The summed E-state index contributed by atoms with van der Waals surface area (Å²) in [5, 5.41) is 7.91. The molecule has 0 saturated carbocycles. The van der Waals surface area contributed by atoms with Gasteiger partial charge in [-0.1, -0.05) is 12.6 Å². The molecule has 2 heterocycles. The molecule has 8 heteroatoms. The molecule has 1 unspecified atom stereocenters. The Bertz CT molecular complexity index is 1170. The maximum Gasteiger partial charge on any atom is 0.282 e. The molecule has 2 N–H and O–H groups in total. The van der Waals surface area contributed by atoms with Crippen molar-refractivity contribution in [1.29, 1.82) is 0 Å². The molecule has 0 spiro atoms. The van der Waals surface area contributed by atoms with Gasteiger partial charge in [0, 0.05) is 17.8 Å². The van der Waals surface area contributed by atoms with Gasteiger partial charge in [-0.15, -0.1) is 0 Å². The van der Waals surface area contributed by atoms with Gasteiger partial charge in [0.1, 0.15) is 5.82 Å². The number of fused-ring (bicyclic) bond motifs is 2. The van der Waals surface area contributed by atoms with E-state index in [-0.39, 0.29) is 22.9 Å². The van der Waals surface area contributed by atoms with E-state index in [1.54, 1.807) is 6.07 Å². The fourth-order valence-corrected chi connectivity index (χ4v) is 6.77. The largest absolute Gasteiger partial charge is 0.341 e. The number of hydrogen-bond donors (Lipinski definition) is 2. The number of nitrogens with zero attached hydrogens (tertiary/aromatic N) is 3. The van der Waals surface area contributed by atoms with Crippen LogP contribution in [0, 0.1) is 0 Å². The van der Waals surface area contributed by atoms with E-state index in [1.165, 1.54) is 22.3 Å². The van der Waals surface area contributed by atoms with Crippen molar-refractivity contribution in [2.24, 2.45) is 0 Å². The van der Waals surface area contributed by atoms with E-state index >= 15 is 0 Å². The van der Waals surface area contributed by atoms with E-state index < -0.39 is 10.0 Å². The van der Waals surface area contributed by atoms with Crippen LogP contribution in [0.4, 0.5) is 5.69 Å². The molecule has 178 valence electrons. The van der Waals surface area contributed by atoms with Crippen LogP contribution in [0.15, 0.2) is 29.6 Å². The van der Waals surface area contributed by atoms with E-state index in [0.29, 0.717) is 0 Å². The molecular formula is C25H35N5O2S. The minimum Gasteiger partial charge on any atom is -0.341 e. The van der Waals surface area contributed by atoms with Crippen molar-refractivity contribution in [3.05, 3.63) is 52.5 Å². The van der Waals surface area contributed by atoms with E-state index in [0.717, 1.165) is 69.3 Å². The molecule has 0 amide bonds. The summed E-state index contributed by atoms with van der Waals surface area (Å²) in [6.07, 6.45) is 8.68. The van der Waals surface area contributed by atoms with E-state index in [2.05, 4.69) is 39.7 Å². The number of aromatic nitrogens is 2. The fraction of sp³-hybridized carbons (Fsp3) is 0.560. The molecule has 5 rings (SSSR count). The number of sulfonamides is 1. The lowest BCUT2D eigenvalue weighted by Crippen LogP contribution is -2.27. The first-order valence-electron chi connectivity index (χ1n) is 12.2. The average molecular weight is 470 g/mol. The van der Waals surface area contributed by atoms with Crippen molar-refractivity contribution >= 4 is 15.7 Å². The van der Waals surface area contributed by atoms with Crippen LogP contribution in [-0.2, 0) is 35.7 Å². The zero-order valence-corrected chi connectivity index (χ0v) is 20.8. The molecule has 2 aromatic rings. The Labute approximate surface area is 197 Å². The number of anilines is 1. The third kappa shape index (κ3) is 4.08. The molecule has 1 saturated heterocycles. The van der Waals surface area contributed by atoms with Gasteiger partial charge in [-0.3, -0.25) is 14.3 Å². The summed E-state index contributed by atoms with van der Waals surface area (Å²) in [5.74, 6) is 0.281. The van der Waals surface area contributed by atoms with Gasteiger partial charge in [-0.2, -0.15) is 13.5 Å². The maximum atomic E-state index is 13.3. The third-order valence-electron chi connectivity index (χ3n) is 7.38. The van der Waals surface area contributed by atoms with Crippen molar-refractivity contribution in [3.8, 4) is 0 Å². The number of benzene rings is 1. The van der Waals surface area contributed by atoms with Crippen LogP contribution in [0.5, 0.6) is 0 Å². The Hall–Kier alpha value is -2.32. The second-order valence-corrected chi connectivity index (χ2v) is 11.7. The summed E-state index contributed by atoms with van der Waals surface area (Å²) in [4.78, 5) is 2.27. The second kappa shape index (κ2) is 8.47. The van der Waals surface area contributed by atoms with Crippen LogP contribution in [0.25, 0.3) is 0 Å². The number of nitrogens with one attached hydrogen (secondary N) is 2. The SMILES string of the molecule is C=C(Nc1c2c(cc3c1CCC3)CCC2)NS(=O)(=O)c1cc(C2CCCN2C)n(C(C)C)n1. The summed E-state index contributed by atoms with van der Waals surface area (Å²) in [6.45, 7) is 9.10. The average Bonchev–Trinajstić information content (AvgIpc) is 3.52. The fourth-order valence-electron chi connectivity index (χ4n) is 5.82. The lowest BCUT2D eigenvalue weighted by molar-refractivity contribution is 0.296. The van der Waals surface area contributed by atoms with Crippen molar-refractivity contribution in [2.45, 2.75) is 82.3 Å². The van der Waals surface area contributed by atoms with Crippen molar-refractivity contribution in [2.75, 3.05) is 18.9 Å². The standard InChI is InChI=1S/C25H35N5O2S/c1-16(2)30-23(22-12-7-13-29(22)4)15-24(27-30)33(31,32)28-17(3)26-25-20-10-5-8-18(20)14-19-9-6-11-21(19)25/h14-16,22,26,28H,3,5-13H2,1-2,4H3. The van der Waals surface area contributed by atoms with Crippen LogP contribution in [0.1, 0.15) is 79.6 Å². The quantitative estimate of drug-likeness (QED) is 0.639. The summed E-state index contributed by atoms with van der Waals surface area (Å²) >= 11 is 0. The molecule has 0 radical (unpaired) electrons. The Morgan fingerprint density at radius 1 is 1.09 bits per heavy atom. The Balaban J connectivity index is 1.40. The molecule has 0 bridgehead atoms. The zero-order valence-electron chi connectivity index (χ0n) is 19.9. The zero-order chi connectivity index (χ0) is 23.3. The van der Waals surface area contributed by atoms with E-state index in [4.69, 9.17) is 0 Å². The van der Waals surface area contributed by atoms with Crippen LogP contribution in [0.3, 0.4) is 0 Å². The predicted molar refractivity (Wildman–Crippen MR) is 131 cm³/mol. The summed E-state index contributed by atoms with van der Waals surface area (Å²) in [5.41, 5.74) is 7.48. The van der Waals surface area contributed by atoms with Crippen LogP contribution >= 0.6 is 0 Å². The first kappa shape index (κ1) is 22.5. The summed E-state index contributed by atoms with van der Waals surface area (Å²) in [7, 11) is -1.76. The van der Waals surface area contributed by atoms with E-state index in [9.17, 15) is 8.42 Å². The molecule has 2 aliphatic carbocycles. The van der Waals surface area contributed by atoms with Gasteiger partial charge in [0.25, 0.3) is 10.0 Å². The lowest BCUT2D eigenvalue weighted by Gasteiger charge is -2.21. The molecule has 1 aliphatic heterocycles. The molecule has 1 fully saturated rings. The molecule has 33 heavy (non-hydrogen) atoms. The molecule has 1 atom stereocenters. The minimum atomic E-state index is -3.85. The summed E-state index contributed by atoms with van der Waals surface area (Å²) in [6, 6.07) is 4.37. The van der Waals surface area contributed by atoms with Gasteiger partial charge in [-0.25, -0.2) is 0 Å². The third-order valence-corrected chi connectivity index (χ3v) is 8.64. The smallest absolute Gasteiger partial charge is 0.282 e. The van der Waals surface area contributed by atoms with Crippen molar-refractivity contribution in [1.82, 2.24) is 19.4 Å². The van der Waals surface area contributed by atoms with Gasteiger partial charge in [0.15, 0.2) is 5.03 Å². The molecule has 3 aliphatic rings. The maximum absolute atomic E-state index is 13.3. The van der Waals surface area contributed by atoms with Crippen LogP contribution in [0.2, 0.25) is 0 Å². The number of rotatable bonds is 7. The number of likely N-dealkylation sites (tertiary alicyclic amines) is 1. The highest BCUT2D eigenvalue weighted by atomic mass is 32.2. The van der Waals surface area contributed by atoms with Gasteiger partial charge >= 0.3 is 0 Å². The predicted octanol–water partition coefficient (Wildman–Crippen LogP) is 4.07. The van der Waals surface area contributed by atoms with E-state index in [1.807, 2.05) is 18.5 Å². The molecule has 1 aromatic carbocycles. The first-order chi connectivity index (χ1) is 15.7. The first-order valence-corrected chi connectivity index (χ1v) is 13.7. The number of hydrogen-bond acceptors (Lipinski definition) is 5. The van der Waals surface area contributed by atoms with Crippen molar-refractivity contribution < 1.29 is 8.42 Å². The normalized spacial score (nSPS) is 20.3. The van der Waals surface area contributed by atoms with Gasteiger partial charge in [-0.05, 0) is 101 Å². The van der Waals surface area contributed by atoms with Gasteiger partial charge in [0.2, 0.25) is 0 Å². The molecular weight excluding hydrogens is 434 g/mol. The Kier molecular flexibility index (Phi) is 5.77. The highest BCUT2D eigenvalue weighted by Crippen LogP contribution is 2.39. The molecule has 1 aromatic heterocycles. The minimum absolute atomic E-state index is 0.0537. The highest BCUT2D eigenvalue weighted by Gasteiger charge is 2.31. The topological polar surface area (TPSA) is 79.3 Å². The summed E-state index contributed by atoms with van der Waals surface area (Å²) < 4.78 is 31.1.